The zero-order valence-electron chi connectivity index (χ0n) is 16.1. The van der Waals surface area contributed by atoms with Gasteiger partial charge in [-0.25, -0.2) is 0 Å². The summed E-state index contributed by atoms with van der Waals surface area (Å²) in [5, 5.41) is 29.5. The number of carboxylic acids is 1. The van der Waals surface area contributed by atoms with Crippen LogP contribution in [0.4, 0.5) is 0 Å². The monoisotopic (exact) mass is 388 g/mol. The fourth-order valence-electron chi connectivity index (χ4n) is 2.75. The van der Waals surface area contributed by atoms with Gasteiger partial charge in [-0.05, 0) is 25.3 Å². The molecule has 0 saturated heterocycles. The molecule has 0 rings (SSSR count). The van der Waals surface area contributed by atoms with E-state index in [-0.39, 0.29) is 11.3 Å². The molecule has 0 radical (unpaired) electrons. The number of nitrogens with zero attached hydrogens (tertiary/aromatic N) is 2. The van der Waals surface area contributed by atoms with E-state index in [1.165, 1.54) is 12.2 Å². The second-order valence-electron chi connectivity index (χ2n) is 6.65. The molecule has 0 aromatic heterocycles. The summed E-state index contributed by atoms with van der Waals surface area (Å²) in [6, 6.07) is -0.891. The maximum atomic E-state index is 11.2. The fourth-order valence-corrected chi connectivity index (χ4v) is 2.75. The predicted molar refractivity (Wildman–Crippen MR) is 101 cm³/mol. The molecule has 0 aliphatic heterocycles. The van der Waals surface area contributed by atoms with Gasteiger partial charge in [0.05, 0.1) is 0 Å². The molecule has 27 heavy (non-hydrogen) atoms. The first-order valence-electron chi connectivity index (χ1n) is 9.71. The highest BCUT2D eigenvalue weighted by molar-refractivity contribution is 5.66. The van der Waals surface area contributed by atoms with Gasteiger partial charge in [-0.15, -0.1) is 10.1 Å². The SMILES string of the molecule is CCCCCCC(/C=C/C(CCCCCCCC(=O)O)[N+](=O)[O-])O[N+](=O)[O-]. The van der Waals surface area contributed by atoms with E-state index in [1.807, 2.05) is 0 Å². The zero-order valence-corrected chi connectivity index (χ0v) is 16.1. The van der Waals surface area contributed by atoms with Gasteiger partial charge < -0.3 is 9.94 Å². The van der Waals surface area contributed by atoms with Crippen molar-refractivity contribution in [2.24, 2.45) is 0 Å². The molecule has 0 aromatic rings. The number of hydrogen-bond acceptors (Lipinski definition) is 6. The van der Waals surface area contributed by atoms with Crippen molar-refractivity contribution in [2.45, 2.75) is 96.1 Å². The minimum Gasteiger partial charge on any atom is -0.481 e. The zero-order chi connectivity index (χ0) is 20.5. The van der Waals surface area contributed by atoms with Crippen LogP contribution in [0.15, 0.2) is 12.2 Å². The normalized spacial score (nSPS) is 13.4. The Morgan fingerprint density at radius 3 is 2.15 bits per heavy atom. The van der Waals surface area contributed by atoms with Crippen molar-refractivity contribution in [3.8, 4) is 0 Å². The first-order chi connectivity index (χ1) is 12.9. The standard InChI is InChI=1S/C18H32N2O7/c1-2-3-4-9-12-17(27-20(25)26)15-14-16(19(23)24)11-8-6-5-7-10-13-18(21)22/h14-17H,2-13H2,1H3,(H,21,22)/b15-14+. The van der Waals surface area contributed by atoms with E-state index in [4.69, 9.17) is 5.11 Å². The Hall–Kier alpha value is -2.19. The Morgan fingerprint density at radius 1 is 0.963 bits per heavy atom. The van der Waals surface area contributed by atoms with Crippen molar-refractivity contribution in [2.75, 3.05) is 0 Å². The Morgan fingerprint density at radius 2 is 1.56 bits per heavy atom. The third-order valence-electron chi connectivity index (χ3n) is 4.27. The number of rotatable bonds is 18. The summed E-state index contributed by atoms with van der Waals surface area (Å²) in [5.74, 6) is -0.810. The molecule has 156 valence electrons. The van der Waals surface area contributed by atoms with Crippen LogP contribution >= 0.6 is 0 Å². The van der Waals surface area contributed by atoms with Crippen molar-refractivity contribution in [3.63, 3.8) is 0 Å². The van der Waals surface area contributed by atoms with Gasteiger partial charge in [-0.3, -0.25) is 14.9 Å². The first-order valence-corrected chi connectivity index (χ1v) is 9.71. The molecule has 0 heterocycles. The third kappa shape index (κ3) is 15.8. The van der Waals surface area contributed by atoms with Gasteiger partial charge >= 0.3 is 5.97 Å². The van der Waals surface area contributed by atoms with Crippen LogP contribution in [0.2, 0.25) is 0 Å². The average molecular weight is 388 g/mol. The van der Waals surface area contributed by atoms with E-state index >= 15 is 0 Å². The number of aliphatic carboxylic acids is 1. The van der Waals surface area contributed by atoms with Crippen LogP contribution in [-0.4, -0.2) is 33.2 Å². The van der Waals surface area contributed by atoms with Crippen LogP contribution in [0.1, 0.15) is 84.0 Å². The molecule has 1 N–H and O–H groups in total. The topological polar surface area (TPSA) is 133 Å². The van der Waals surface area contributed by atoms with Gasteiger partial charge in [-0.1, -0.05) is 57.9 Å². The van der Waals surface area contributed by atoms with E-state index in [9.17, 15) is 25.0 Å². The van der Waals surface area contributed by atoms with Crippen LogP contribution in [0, 0.1) is 20.2 Å². The lowest BCUT2D eigenvalue weighted by Crippen LogP contribution is -2.19. The van der Waals surface area contributed by atoms with Crippen LogP contribution in [0.5, 0.6) is 0 Å². The molecule has 0 amide bonds. The molecule has 2 unspecified atom stereocenters. The summed E-state index contributed by atoms with van der Waals surface area (Å²) in [6.07, 6.45) is 10.6. The van der Waals surface area contributed by atoms with E-state index < -0.39 is 23.2 Å². The molecular formula is C18H32N2O7. The molecular weight excluding hydrogens is 356 g/mol. The van der Waals surface area contributed by atoms with E-state index in [0.29, 0.717) is 25.7 Å². The van der Waals surface area contributed by atoms with E-state index in [0.717, 1.165) is 44.9 Å². The lowest BCUT2D eigenvalue weighted by molar-refractivity contribution is -0.765. The molecule has 0 saturated carbocycles. The molecule has 0 fully saturated rings. The number of carbonyl (C=O) groups is 1. The molecule has 0 aliphatic carbocycles. The molecule has 2 atom stereocenters. The van der Waals surface area contributed by atoms with E-state index in [2.05, 4.69) is 11.8 Å². The van der Waals surface area contributed by atoms with Crippen LogP contribution in [0.25, 0.3) is 0 Å². The Bertz CT molecular complexity index is 469. The van der Waals surface area contributed by atoms with Crippen molar-refractivity contribution in [1.82, 2.24) is 0 Å². The summed E-state index contributed by atoms with van der Waals surface area (Å²) in [5.41, 5.74) is 0. The van der Waals surface area contributed by atoms with Crippen molar-refractivity contribution < 1.29 is 24.7 Å². The number of unbranched alkanes of at least 4 members (excludes halogenated alkanes) is 7. The predicted octanol–water partition coefficient (Wildman–Crippen LogP) is 4.55. The number of nitro groups is 1. The lowest BCUT2D eigenvalue weighted by atomic mass is 10.0. The van der Waals surface area contributed by atoms with Crippen molar-refractivity contribution >= 4 is 5.97 Å². The van der Waals surface area contributed by atoms with Gasteiger partial charge in [0.15, 0.2) is 0 Å². The summed E-state index contributed by atoms with van der Waals surface area (Å²) in [7, 11) is 0. The smallest absolute Gasteiger partial charge is 0.303 e. The van der Waals surface area contributed by atoms with Gasteiger partial charge in [-0.2, -0.15) is 0 Å². The van der Waals surface area contributed by atoms with Crippen LogP contribution in [0.3, 0.4) is 0 Å². The number of carboxylic acid groups (broad SMARTS) is 1. The van der Waals surface area contributed by atoms with Gasteiger partial charge in [0.25, 0.3) is 5.09 Å². The van der Waals surface area contributed by atoms with Crippen molar-refractivity contribution in [3.05, 3.63) is 32.4 Å². The molecule has 9 nitrogen and oxygen atoms in total. The molecule has 9 heteroatoms. The minimum atomic E-state index is -0.891. The highest BCUT2D eigenvalue weighted by Gasteiger charge is 2.17. The summed E-state index contributed by atoms with van der Waals surface area (Å²) >= 11 is 0. The highest BCUT2D eigenvalue weighted by Crippen LogP contribution is 2.14. The van der Waals surface area contributed by atoms with Crippen LogP contribution < -0.4 is 0 Å². The average Bonchev–Trinajstić information content (AvgIpc) is 2.58. The second kappa shape index (κ2) is 16.0. The Balaban J connectivity index is 4.32. The third-order valence-corrected chi connectivity index (χ3v) is 4.27. The maximum absolute atomic E-state index is 11.2. The first kappa shape index (κ1) is 24.8. The summed E-state index contributed by atoms with van der Waals surface area (Å²) in [4.78, 5) is 36.4. The highest BCUT2D eigenvalue weighted by atomic mass is 17.0. The molecule has 0 spiro atoms. The lowest BCUT2D eigenvalue weighted by Gasteiger charge is -2.11. The maximum Gasteiger partial charge on any atom is 0.303 e. The van der Waals surface area contributed by atoms with Gasteiger partial charge in [0, 0.05) is 17.8 Å². The van der Waals surface area contributed by atoms with Crippen LogP contribution in [-0.2, 0) is 9.63 Å². The van der Waals surface area contributed by atoms with Gasteiger partial charge in [0.1, 0.15) is 6.10 Å². The minimum absolute atomic E-state index is 0.149. The second-order valence-corrected chi connectivity index (χ2v) is 6.65. The van der Waals surface area contributed by atoms with Crippen molar-refractivity contribution in [1.29, 1.82) is 0 Å². The van der Waals surface area contributed by atoms with E-state index in [1.54, 1.807) is 0 Å². The molecule has 0 bridgehead atoms. The molecule has 0 aliphatic rings. The summed E-state index contributed by atoms with van der Waals surface area (Å²) < 4.78 is 0. The largest absolute Gasteiger partial charge is 0.481 e. The fraction of sp³-hybridized carbons (Fsp3) is 0.833. The Labute approximate surface area is 160 Å². The number of hydrogen-bond donors (Lipinski definition) is 1. The quantitative estimate of drug-likeness (QED) is 0.157. The summed E-state index contributed by atoms with van der Waals surface area (Å²) in [6.45, 7) is 2.07. The molecule has 0 aromatic carbocycles. The van der Waals surface area contributed by atoms with Gasteiger partial charge in [0.2, 0.25) is 6.04 Å². The Kier molecular flexibility index (Phi) is 14.7.